The van der Waals surface area contributed by atoms with E-state index in [-0.39, 0.29) is 17.2 Å². The third-order valence-electron chi connectivity index (χ3n) is 4.61. The number of nitrogens with one attached hydrogen (secondary N) is 1. The van der Waals surface area contributed by atoms with Gasteiger partial charge in [0.25, 0.3) is 0 Å². The molecule has 2 unspecified atom stereocenters. The van der Waals surface area contributed by atoms with Gasteiger partial charge in [0.15, 0.2) is 0 Å². The van der Waals surface area contributed by atoms with Crippen molar-refractivity contribution in [3.63, 3.8) is 0 Å². The summed E-state index contributed by atoms with van der Waals surface area (Å²) in [5, 5.41) is 3.09. The molecule has 2 atom stereocenters. The summed E-state index contributed by atoms with van der Waals surface area (Å²) < 4.78 is 84.5. The Hall–Kier alpha value is -2.10. The Morgan fingerprint density at radius 2 is 1.57 bits per heavy atom. The molecule has 3 rings (SSSR count). The van der Waals surface area contributed by atoms with Gasteiger partial charge < -0.3 is 15.8 Å². The van der Waals surface area contributed by atoms with E-state index in [0.29, 0.717) is 30.8 Å². The summed E-state index contributed by atoms with van der Waals surface area (Å²) in [5.41, 5.74) is 2.86. The van der Waals surface area contributed by atoms with Crippen molar-refractivity contribution in [1.29, 1.82) is 0 Å². The van der Waals surface area contributed by atoms with Gasteiger partial charge in [-0.1, -0.05) is 18.2 Å². The van der Waals surface area contributed by atoms with E-state index in [1.807, 2.05) is 0 Å². The maximum atomic E-state index is 13.1. The van der Waals surface area contributed by atoms with Gasteiger partial charge in [-0.3, -0.25) is 0 Å². The van der Waals surface area contributed by atoms with Crippen LogP contribution in [0, 0.1) is 0 Å². The Morgan fingerprint density at radius 3 is 2.11 bits per heavy atom. The summed E-state index contributed by atoms with van der Waals surface area (Å²) in [5.74, 6) is 0. The SMILES string of the molecule is CC1(c2cccc(-c3cc(C(F)(F)F)cc(C(F)(F)F)c3)c2)CNCC(N)O1. The second kappa shape index (κ2) is 7.06. The van der Waals surface area contributed by atoms with Crippen LogP contribution in [0.15, 0.2) is 42.5 Å². The van der Waals surface area contributed by atoms with Crippen LogP contribution in [0.25, 0.3) is 11.1 Å². The molecule has 0 bridgehead atoms. The Bertz CT molecular complexity index is 832. The maximum Gasteiger partial charge on any atom is 0.416 e. The van der Waals surface area contributed by atoms with Gasteiger partial charge in [-0.05, 0) is 47.9 Å². The highest BCUT2D eigenvalue weighted by Gasteiger charge is 2.37. The van der Waals surface area contributed by atoms with Gasteiger partial charge in [0.1, 0.15) is 11.8 Å². The third-order valence-corrected chi connectivity index (χ3v) is 4.61. The first-order chi connectivity index (χ1) is 12.9. The molecule has 0 aliphatic carbocycles. The van der Waals surface area contributed by atoms with E-state index in [4.69, 9.17) is 10.5 Å². The molecule has 0 saturated carbocycles. The summed E-state index contributed by atoms with van der Waals surface area (Å²) in [7, 11) is 0. The van der Waals surface area contributed by atoms with E-state index in [1.54, 1.807) is 19.1 Å². The predicted octanol–water partition coefficient (Wildman–Crippen LogP) is 4.51. The number of hydrogen-bond donors (Lipinski definition) is 2. The van der Waals surface area contributed by atoms with Crippen molar-refractivity contribution in [1.82, 2.24) is 5.32 Å². The van der Waals surface area contributed by atoms with Crippen molar-refractivity contribution in [3.8, 4) is 11.1 Å². The molecule has 0 aromatic heterocycles. The lowest BCUT2D eigenvalue weighted by molar-refractivity contribution is -0.143. The van der Waals surface area contributed by atoms with Crippen molar-refractivity contribution in [3.05, 3.63) is 59.2 Å². The largest absolute Gasteiger partial charge is 0.416 e. The van der Waals surface area contributed by atoms with Gasteiger partial charge in [-0.25, -0.2) is 0 Å². The van der Waals surface area contributed by atoms with Gasteiger partial charge >= 0.3 is 12.4 Å². The molecule has 152 valence electrons. The van der Waals surface area contributed by atoms with E-state index in [1.165, 1.54) is 12.1 Å². The van der Waals surface area contributed by atoms with Crippen LogP contribution in [-0.2, 0) is 22.7 Å². The molecule has 1 heterocycles. The van der Waals surface area contributed by atoms with Crippen molar-refractivity contribution in [2.45, 2.75) is 31.1 Å². The van der Waals surface area contributed by atoms with Crippen molar-refractivity contribution in [2.24, 2.45) is 5.73 Å². The summed E-state index contributed by atoms with van der Waals surface area (Å²) in [6.07, 6.45) is -10.4. The van der Waals surface area contributed by atoms with E-state index in [2.05, 4.69) is 5.32 Å². The molecule has 2 aromatic rings. The van der Waals surface area contributed by atoms with E-state index < -0.39 is 35.3 Å². The van der Waals surface area contributed by atoms with E-state index in [0.717, 1.165) is 0 Å². The Kier molecular flexibility index (Phi) is 5.20. The van der Waals surface area contributed by atoms with Crippen LogP contribution in [-0.4, -0.2) is 19.3 Å². The fraction of sp³-hybridized carbons (Fsp3) is 0.368. The van der Waals surface area contributed by atoms with Gasteiger partial charge in [-0.2, -0.15) is 26.3 Å². The Morgan fingerprint density at radius 1 is 0.964 bits per heavy atom. The van der Waals surface area contributed by atoms with Crippen LogP contribution in [0.4, 0.5) is 26.3 Å². The molecular formula is C19H18F6N2O. The highest BCUT2D eigenvalue weighted by atomic mass is 19.4. The minimum absolute atomic E-state index is 0.113. The maximum absolute atomic E-state index is 13.1. The number of morpholine rings is 1. The number of rotatable bonds is 2. The number of ether oxygens (including phenoxy) is 1. The second-order valence-corrected chi connectivity index (χ2v) is 6.89. The smallest absolute Gasteiger partial charge is 0.350 e. The van der Waals surface area contributed by atoms with Crippen LogP contribution in [0.1, 0.15) is 23.6 Å². The second-order valence-electron chi connectivity index (χ2n) is 6.89. The normalized spacial score (nSPS) is 23.6. The van der Waals surface area contributed by atoms with Crippen molar-refractivity contribution in [2.75, 3.05) is 13.1 Å². The molecule has 28 heavy (non-hydrogen) atoms. The number of hydrogen-bond acceptors (Lipinski definition) is 3. The molecule has 1 aliphatic heterocycles. The van der Waals surface area contributed by atoms with E-state index >= 15 is 0 Å². The summed E-state index contributed by atoms with van der Waals surface area (Å²) in [6.45, 7) is 2.60. The molecule has 2 aromatic carbocycles. The van der Waals surface area contributed by atoms with Crippen molar-refractivity contribution >= 4 is 0 Å². The number of benzene rings is 2. The molecule has 0 radical (unpaired) electrons. The summed E-state index contributed by atoms with van der Waals surface area (Å²) >= 11 is 0. The van der Waals surface area contributed by atoms with Crippen LogP contribution in [0.5, 0.6) is 0 Å². The topological polar surface area (TPSA) is 47.3 Å². The molecule has 0 spiro atoms. The lowest BCUT2D eigenvalue weighted by Crippen LogP contribution is -2.53. The highest BCUT2D eigenvalue weighted by Crippen LogP contribution is 2.39. The lowest BCUT2D eigenvalue weighted by atomic mass is 9.90. The molecule has 1 saturated heterocycles. The summed E-state index contributed by atoms with van der Waals surface area (Å²) in [6, 6.07) is 7.77. The molecule has 9 heteroatoms. The third kappa shape index (κ3) is 4.31. The number of halogens is 6. The first kappa shape index (κ1) is 20.6. The fourth-order valence-electron chi connectivity index (χ4n) is 3.19. The minimum Gasteiger partial charge on any atom is -0.350 e. The standard InChI is InChI=1S/C19H18F6N2O/c1-17(10-27-9-16(26)28-17)13-4-2-3-11(5-13)12-6-14(18(20,21)22)8-15(7-12)19(23,24)25/h2-8,16,27H,9-10,26H2,1H3. The molecular weight excluding hydrogens is 386 g/mol. The predicted molar refractivity (Wildman–Crippen MR) is 91.2 cm³/mol. The molecule has 3 nitrogen and oxygen atoms in total. The quantitative estimate of drug-likeness (QED) is 0.724. The zero-order valence-electron chi connectivity index (χ0n) is 14.8. The van der Waals surface area contributed by atoms with Crippen LogP contribution < -0.4 is 11.1 Å². The van der Waals surface area contributed by atoms with Gasteiger partial charge in [-0.15, -0.1) is 0 Å². The zero-order chi connectivity index (χ0) is 20.7. The zero-order valence-corrected chi connectivity index (χ0v) is 14.8. The fourth-order valence-corrected chi connectivity index (χ4v) is 3.19. The average Bonchev–Trinajstić information content (AvgIpc) is 2.60. The first-order valence-corrected chi connectivity index (χ1v) is 8.43. The molecule has 0 amide bonds. The van der Waals surface area contributed by atoms with E-state index in [9.17, 15) is 26.3 Å². The number of nitrogens with two attached hydrogens (primary N) is 1. The summed E-state index contributed by atoms with van der Waals surface area (Å²) in [4.78, 5) is 0. The lowest BCUT2D eigenvalue weighted by Gasteiger charge is -2.38. The minimum atomic E-state index is -4.90. The first-order valence-electron chi connectivity index (χ1n) is 8.43. The molecule has 3 N–H and O–H groups in total. The van der Waals surface area contributed by atoms with Crippen LogP contribution >= 0.6 is 0 Å². The van der Waals surface area contributed by atoms with Crippen LogP contribution in [0.2, 0.25) is 0 Å². The monoisotopic (exact) mass is 404 g/mol. The Balaban J connectivity index is 2.09. The molecule has 1 fully saturated rings. The highest BCUT2D eigenvalue weighted by molar-refractivity contribution is 5.67. The Labute approximate surface area is 157 Å². The van der Waals surface area contributed by atoms with Gasteiger partial charge in [0, 0.05) is 13.1 Å². The van der Waals surface area contributed by atoms with Gasteiger partial charge in [0.2, 0.25) is 0 Å². The number of alkyl halides is 6. The van der Waals surface area contributed by atoms with Crippen LogP contribution in [0.3, 0.4) is 0 Å². The van der Waals surface area contributed by atoms with Crippen molar-refractivity contribution < 1.29 is 31.1 Å². The average molecular weight is 404 g/mol. The van der Waals surface area contributed by atoms with Gasteiger partial charge in [0.05, 0.1) is 11.1 Å². The molecule has 1 aliphatic rings.